The van der Waals surface area contributed by atoms with Gasteiger partial charge in [-0.15, -0.1) is 0 Å². The van der Waals surface area contributed by atoms with E-state index in [1.165, 1.54) is 0 Å². The summed E-state index contributed by atoms with van der Waals surface area (Å²) in [5, 5.41) is 1.40. The first kappa shape index (κ1) is 25.9. The zero-order chi connectivity index (χ0) is 26.4. The molecule has 0 aliphatic rings. The third-order valence-electron chi connectivity index (χ3n) is 6.02. The molecule has 6 nitrogen and oxygen atoms in total. The van der Waals surface area contributed by atoms with Crippen LogP contribution in [0, 0.1) is 0 Å². The second-order valence-corrected chi connectivity index (χ2v) is 8.60. The quantitative estimate of drug-likeness (QED) is 0.139. The number of halogens is 1. The van der Waals surface area contributed by atoms with Crippen molar-refractivity contribution in [2.24, 2.45) is 0 Å². The zero-order valence-corrected chi connectivity index (χ0v) is 21.9. The number of aromatic nitrogens is 1. The summed E-state index contributed by atoms with van der Waals surface area (Å²) in [6.45, 7) is 0. The van der Waals surface area contributed by atoms with Gasteiger partial charge in [0.05, 0.1) is 33.5 Å². The highest BCUT2D eigenvalue weighted by atomic mass is 35.5. The first-order valence-electron chi connectivity index (χ1n) is 11.6. The fourth-order valence-corrected chi connectivity index (χ4v) is 4.39. The number of benzene rings is 3. The number of allylic oxidation sites excluding steroid dienone is 2. The van der Waals surface area contributed by atoms with E-state index in [-0.39, 0.29) is 5.78 Å². The Balaban J connectivity index is 1.62. The third kappa shape index (κ3) is 5.65. The molecule has 0 spiro atoms. The smallest absolute Gasteiger partial charge is 0.203 e. The molecular weight excluding hydrogens is 490 g/mol. The van der Waals surface area contributed by atoms with Crippen molar-refractivity contribution < 1.29 is 23.7 Å². The molecule has 0 amide bonds. The van der Waals surface area contributed by atoms with E-state index in [4.69, 9.17) is 30.5 Å². The molecule has 37 heavy (non-hydrogen) atoms. The van der Waals surface area contributed by atoms with E-state index < -0.39 is 0 Å². The van der Waals surface area contributed by atoms with Crippen molar-refractivity contribution in [3.05, 3.63) is 94.2 Å². The first-order valence-corrected chi connectivity index (χ1v) is 12.0. The fourth-order valence-electron chi connectivity index (χ4n) is 4.14. The predicted octanol–water partition coefficient (Wildman–Crippen LogP) is 7.01. The van der Waals surface area contributed by atoms with Gasteiger partial charge < -0.3 is 23.9 Å². The van der Waals surface area contributed by atoms with Crippen LogP contribution < -0.4 is 18.9 Å². The highest BCUT2D eigenvalue weighted by Crippen LogP contribution is 2.39. The number of ketones is 1. The van der Waals surface area contributed by atoms with E-state index in [0.717, 1.165) is 27.6 Å². The summed E-state index contributed by atoms with van der Waals surface area (Å²) in [5.74, 6) is 2.16. The van der Waals surface area contributed by atoms with E-state index >= 15 is 0 Å². The average molecular weight is 518 g/mol. The summed E-state index contributed by atoms with van der Waals surface area (Å²) in [4.78, 5) is 16.0. The maximum atomic E-state index is 12.9. The molecule has 0 unspecified atom stereocenters. The van der Waals surface area contributed by atoms with Gasteiger partial charge in [-0.1, -0.05) is 48.0 Å². The average Bonchev–Trinajstić information content (AvgIpc) is 3.36. The standard InChI is InChI=1S/C30H28ClNO5/c1-34-27-17-20(8-7-11-26(33)23-18-32-25-10-6-5-9-22(23)25)21(16-24(27)31)13-12-19-14-28(35-2)30(37-4)29(15-19)36-3/h5-7,9-18,32H,8H2,1-4H3/b11-7-,13-12-. The van der Waals surface area contributed by atoms with Crippen molar-refractivity contribution in [3.63, 3.8) is 0 Å². The van der Waals surface area contributed by atoms with Crippen LogP contribution in [0.25, 0.3) is 23.1 Å². The van der Waals surface area contributed by atoms with Crippen LogP contribution in [0.15, 0.2) is 66.9 Å². The fraction of sp³-hybridized carbons (Fsp3) is 0.167. The Labute approximate surface area is 221 Å². The Morgan fingerprint density at radius 3 is 2.27 bits per heavy atom. The summed E-state index contributed by atoms with van der Waals surface area (Å²) in [5.41, 5.74) is 4.28. The maximum Gasteiger partial charge on any atom is 0.203 e. The van der Waals surface area contributed by atoms with E-state index in [1.54, 1.807) is 40.7 Å². The lowest BCUT2D eigenvalue weighted by Gasteiger charge is -2.13. The Morgan fingerprint density at radius 1 is 0.892 bits per heavy atom. The van der Waals surface area contributed by atoms with Gasteiger partial charge in [0, 0.05) is 22.7 Å². The van der Waals surface area contributed by atoms with Gasteiger partial charge in [0.2, 0.25) is 5.75 Å². The Bertz CT molecular complexity index is 1460. The van der Waals surface area contributed by atoms with Gasteiger partial charge in [-0.3, -0.25) is 4.79 Å². The van der Waals surface area contributed by atoms with Crippen LogP contribution in [0.5, 0.6) is 23.0 Å². The summed E-state index contributed by atoms with van der Waals surface area (Å²) in [6.07, 6.45) is 9.60. The minimum absolute atomic E-state index is 0.0621. The largest absolute Gasteiger partial charge is 0.495 e. The maximum absolute atomic E-state index is 12.9. The molecule has 0 saturated carbocycles. The van der Waals surface area contributed by atoms with E-state index in [9.17, 15) is 4.79 Å². The van der Waals surface area contributed by atoms with Gasteiger partial charge in [-0.2, -0.15) is 0 Å². The molecular formula is C30H28ClNO5. The summed E-state index contributed by atoms with van der Waals surface area (Å²) < 4.78 is 21.7. The molecule has 0 atom stereocenters. The number of para-hydroxylation sites is 1. The molecule has 0 fully saturated rings. The minimum atomic E-state index is -0.0621. The molecule has 3 aromatic carbocycles. The first-order chi connectivity index (χ1) is 18.0. The van der Waals surface area contributed by atoms with Crippen LogP contribution in [0.1, 0.15) is 27.0 Å². The van der Waals surface area contributed by atoms with Crippen LogP contribution in [0.2, 0.25) is 5.02 Å². The lowest BCUT2D eigenvalue weighted by Crippen LogP contribution is -1.96. The number of aromatic amines is 1. The van der Waals surface area contributed by atoms with E-state index in [0.29, 0.717) is 40.0 Å². The molecule has 1 heterocycles. The molecule has 190 valence electrons. The topological polar surface area (TPSA) is 69.8 Å². The Hall–Kier alpha value is -4.16. The molecule has 7 heteroatoms. The molecule has 4 rings (SSSR count). The van der Waals surface area contributed by atoms with Gasteiger partial charge in [-0.05, 0) is 59.5 Å². The van der Waals surface area contributed by atoms with Crippen LogP contribution in [0.3, 0.4) is 0 Å². The van der Waals surface area contributed by atoms with Crippen molar-refractivity contribution >= 4 is 40.4 Å². The minimum Gasteiger partial charge on any atom is -0.495 e. The number of rotatable bonds is 10. The second-order valence-electron chi connectivity index (χ2n) is 8.20. The zero-order valence-electron chi connectivity index (χ0n) is 21.1. The molecule has 1 N–H and O–H groups in total. The number of hydrogen-bond donors (Lipinski definition) is 1. The number of methoxy groups -OCH3 is 4. The van der Waals surface area contributed by atoms with Crippen molar-refractivity contribution in [2.75, 3.05) is 28.4 Å². The van der Waals surface area contributed by atoms with Gasteiger partial charge in [0.25, 0.3) is 0 Å². The molecule has 1 aromatic heterocycles. The molecule has 0 saturated heterocycles. The van der Waals surface area contributed by atoms with E-state index in [2.05, 4.69) is 4.98 Å². The SMILES string of the molecule is COc1cc(C/C=C\C(=O)c2c[nH]c3ccccc23)c(/C=C\c2cc(OC)c(OC)c(OC)c2)cc1Cl. The van der Waals surface area contributed by atoms with Gasteiger partial charge >= 0.3 is 0 Å². The molecule has 4 aromatic rings. The van der Waals surface area contributed by atoms with Crippen molar-refractivity contribution in [1.82, 2.24) is 4.98 Å². The molecule has 0 radical (unpaired) electrons. The number of ether oxygens (including phenoxy) is 4. The summed E-state index contributed by atoms with van der Waals surface area (Å²) >= 11 is 6.43. The van der Waals surface area contributed by atoms with Gasteiger partial charge in [-0.25, -0.2) is 0 Å². The van der Waals surface area contributed by atoms with Gasteiger partial charge in [0.15, 0.2) is 17.3 Å². The highest BCUT2D eigenvalue weighted by Gasteiger charge is 2.13. The van der Waals surface area contributed by atoms with Crippen molar-refractivity contribution in [1.29, 1.82) is 0 Å². The number of fused-ring (bicyclic) bond motifs is 1. The Kier molecular flexibility index (Phi) is 8.21. The number of hydrogen-bond acceptors (Lipinski definition) is 5. The van der Waals surface area contributed by atoms with Crippen LogP contribution >= 0.6 is 11.6 Å². The van der Waals surface area contributed by atoms with E-state index in [1.807, 2.05) is 66.8 Å². The third-order valence-corrected chi connectivity index (χ3v) is 6.31. The highest BCUT2D eigenvalue weighted by molar-refractivity contribution is 6.32. The van der Waals surface area contributed by atoms with Crippen LogP contribution in [0.4, 0.5) is 0 Å². The summed E-state index contributed by atoms with van der Waals surface area (Å²) in [6, 6.07) is 15.2. The van der Waals surface area contributed by atoms with Crippen molar-refractivity contribution in [2.45, 2.75) is 6.42 Å². The van der Waals surface area contributed by atoms with Crippen LogP contribution in [-0.4, -0.2) is 39.2 Å². The molecule has 0 aliphatic heterocycles. The van der Waals surface area contributed by atoms with Gasteiger partial charge in [0.1, 0.15) is 5.75 Å². The number of H-pyrrole nitrogens is 1. The van der Waals surface area contributed by atoms with Crippen LogP contribution in [-0.2, 0) is 6.42 Å². The normalized spacial score (nSPS) is 11.4. The van der Waals surface area contributed by atoms with Crippen molar-refractivity contribution in [3.8, 4) is 23.0 Å². The Morgan fingerprint density at radius 2 is 1.59 bits per heavy atom. The summed E-state index contributed by atoms with van der Waals surface area (Å²) in [7, 11) is 6.30. The number of nitrogens with one attached hydrogen (secondary N) is 1. The second kappa shape index (κ2) is 11.7. The molecule has 0 aliphatic carbocycles. The lowest BCUT2D eigenvalue weighted by atomic mass is 10.0. The number of carbonyl (C=O) groups excluding carboxylic acids is 1. The monoisotopic (exact) mass is 517 g/mol. The molecule has 0 bridgehead atoms. The predicted molar refractivity (Wildman–Crippen MR) is 149 cm³/mol. The lowest BCUT2D eigenvalue weighted by molar-refractivity contribution is 0.104. The number of carbonyl (C=O) groups is 1.